The number of hydrogen-bond acceptors (Lipinski definition) is 2. The zero-order valence-corrected chi connectivity index (χ0v) is 11.9. The summed E-state index contributed by atoms with van der Waals surface area (Å²) in [5.74, 6) is -1.44. The number of rotatable bonds is 3. The number of carboxylic acid groups (broad SMARTS) is 1. The highest BCUT2D eigenvalue weighted by Crippen LogP contribution is 2.24. The smallest absolute Gasteiger partial charge is 0.319 e. The van der Waals surface area contributed by atoms with E-state index in [0.717, 1.165) is 0 Å². The minimum absolute atomic E-state index is 0.0316. The number of benzene rings is 1. The van der Waals surface area contributed by atoms with Gasteiger partial charge in [-0.2, -0.15) is 0 Å². The molecule has 3 N–H and O–H groups in total. The SMILES string of the molecule is Cc1ccc(NC(=O)NC2CCC(C(=O)O)CC2)cc1F. The lowest BCUT2D eigenvalue weighted by Crippen LogP contribution is -2.41. The maximum atomic E-state index is 13.4. The van der Waals surface area contributed by atoms with Crippen LogP contribution in [0.3, 0.4) is 0 Å². The number of carbonyl (C=O) groups is 2. The quantitative estimate of drug-likeness (QED) is 0.802. The van der Waals surface area contributed by atoms with Gasteiger partial charge in [-0.25, -0.2) is 9.18 Å². The van der Waals surface area contributed by atoms with E-state index < -0.39 is 12.0 Å². The number of carboxylic acids is 1. The minimum atomic E-state index is -0.770. The average molecular weight is 294 g/mol. The van der Waals surface area contributed by atoms with Gasteiger partial charge in [-0.1, -0.05) is 6.07 Å². The molecule has 0 radical (unpaired) electrons. The van der Waals surface area contributed by atoms with Crippen LogP contribution in [0, 0.1) is 18.7 Å². The van der Waals surface area contributed by atoms with Crippen molar-refractivity contribution in [1.29, 1.82) is 0 Å². The Labute approximate surface area is 122 Å². The van der Waals surface area contributed by atoms with Crippen LogP contribution in [0.1, 0.15) is 31.2 Å². The number of anilines is 1. The van der Waals surface area contributed by atoms with E-state index >= 15 is 0 Å². The van der Waals surface area contributed by atoms with Crippen molar-refractivity contribution in [2.45, 2.75) is 38.6 Å². The molecule has 1 aromatic rings. The third-order valence-corrected chi connectivity index (χ3v) is 3.84. The van der Waals surface area contributed by atoms with Crippen molar-refractivity contribution < 1.29 is 19.1 Å². The predicted octanol–water partition coefficient (Wildman–Crippen LogP) is 2.90. The Morgan fingerprint density at radius 1 is 1.24 bits per heavy atom. The van der Waals surface area contributed by atoms with E-state index in [-0.39, 0.29) is 17.8 Å². The predicted molar refractivity (Wildman–Crippen MR) is 76.7 cm³/mol. The van der Waals surface area contributed by atoms with Gasteiger partial charge in [0.05, 0.1) is 5.92 Å². The van der Waals surface area contributed by atoms with Crippen LogP contribution in [-0.4, -0.2) is 23.1 Å². The molecule has 0 heterocycles. The topological polar surface area (TPSA) is 78.4 Å². The van der Waals surface area contributed by atoms with Crippen LogP contribution in [0.15, 0.2) is 18.2 Å². The Morgan fingerprint density at radius 2 is 1.90 bits per heavy atom. The number of nitrogens with one attached hydrogen (secondary N) is 2. The number of hydrogen-bond donors (Lipinski definition) is 3. The van der Waals surface area contributed by atoms with E-state index in [2.05, 4.69) is 10.6 Å². The molecule has 0 unspecified atom stereocenters. The summed E-state index contributed by atoms with van der Waals surface area (Å²) in [4.78, 5) is 22.7. The molecule has 6 heteroatoms. The molecule has 0 aromatic heterocycles. The third kappa shape index (κ3) is 4.18. The zero-order chi connectivity index (χ0) is 15.4. The van der Waals surface area contributed by atoms with Crippen LogP contribution in [0.4, 0.5) is 14.9 Å². The van der Waals surface area contributed by atoms with Crippen LogP contribution in [0.5, 0.6) is 0 Å². The molecule has 1 aliphatic rings. The molecule has 0 aliphatic heterocycles. The highest BCUT2D eigenvalue weighted by Gasteiger charge is 2.26. The van der Waals surface area contributed by atoms with Gasteiger partial charge in [-0.05, 0) is 50.3 Å². The summed E-state index contributed by atoms with van der Waals surface area (Å²) in [6.07, 6.45) is 2.43. The fourth-order valence-electron chi connectivity index (χ4n) is 2.51. The normalized spacial score (nSPS) is 21.6. The molecule has 0 atom stereocenters. The standard InChI is InChI=1S/C15H19FN2O3/c1-9-2-5-12(8-13(9)16)18-15(21)17-11-6-3-10(4-7-11)14(19)20/h2,5,8,10-11H,3-4,6-7H2,1H3,(H,19,20)(H2,17,18,21). The average Bonchev–Trinajstić information content (AvgIpc) is 2.43. The van der Waals surface area contributed by atoms with Gasteiger partial charge in [0.25, 0.3) is 0 Å². The van der Waals surface area contributed by atoms with Crippen molar-refractivity contribution in [1.82, 2.24) is 5.32 Å². The molecular formula is C15H19FN2O3. The number of amides is 2. The molecular weight excluding hydrogens is 275 g/mol. The van der Waals surface area contributed by atoms with Gasteiger partial charge in [0.15, 0.2) is 0 Å². The van der Waals surface area contributed by atoms with Crippen molar-refractivity contribution >= 4 is 17.7 Å². The first kappa shape index (κ1) is 15.3. The van der Waals surface area contributed by atoms with Crippen molar-refractivity contribution in [3.63, 3.8) is 0 Å². The van der Waals surface area contributed by atoms with Crippen LogP contribution >= 0.6 is 0 Å². The second-order valence-electron chi connectivity index (χ2n) is 5.45. The summed E-state index contributed by atoms with van der Waals surface area (Å²) in [5.41, 5.74) is 0.919. The maximum Gasteiger partial charge on any atom is 0.319 e. The van der Waals surface area contributed by atoms with E-state index in [1.807, 2.05) is 0 Å². The molecule has 1 saturated carbocycles. The molecule has 2 rings (SSSR count). The fraction of sp³-hybridized carbons (Fsp3) is 0.467. The Balaban J connectivity index is 1.82. The van der Waals surface area contributed by atoms with Crippen molar-refractivity contribution in [3.8, 4) is 0 Å². The summed E-state index contributed by atoms with van der Waals surface area (Å²) in [6, 6.07) is 4.09. The van der Waals surface area contributed by atoms with Crippen LogP contribution < -0.4 is 10.6 Å². The first-order valence-electron chi connectivity index (χ1n) is 7.02. The molecule has 21 heavy (non-hydrogen) atoms. The summed E-state index contributed by atoms with van der Waals surface area (Å²) in [6.45, 7) is 1.65. The molecule has 5 nitrogen and oxygen atoms in total. The Kier molecular flexibility index (Phi) is 4.77. The van der Waals surface area contributed by atoms with Gasteiger partial charge in [0.2, 0.25) is 0 Å². The van der Waals surface area contributed by atoms with Crippen LogP contribution in [0.2, 0.25) is 0 Å². The maximum absolute atomic E-state index is 13.4. The van der Waals surface area contributed by atoms with Gasteiger partial charge in [0, 0.05) is 11.7 Å². The van der Waals surface area contributed by atoms with Gasteiger partial charge in [0.1, 0.15) is 5.82 Å². The van der Waals surface area contributed by atoms with E-state index in [9.17, 15) is 14.0 Å². The number of carbonyl (C=O) groups excluding carboxylic acids is 1. The summed E-state index contributed by atoms with van der Waals surface area (Å²) >= 11 is 0. The number of aryl methyl sites for hydroxylation is 1. The Hall–Kier alpha value is -2.11. The van der Waals surface area contributed by atoms with Crippen molar-refractivity contribution in [2.24, 2.45) is 5.92 Å². The molecule has 0 spiro atoms. The van der Waals surface area contributed by atoms with E-state index in [0.29, 0.717) is 36.9 Å². The van der Waals surface area contributed by atoms with E-state index in [1.54, 1.807) is 19.1 Å². The molecule has 1 fully saturated rings. The van der Waals surface area contributed by atoms with Gasteiger partial charge in [-0.15, -0.1) is 0 Å². The fourth-order valence-corrected chi connectivity index (χ4v) is 2.51. The summed E-state index contributed by atoms with van der Waals surface area (Å²) < 4.78 is 13.4. The zero-order valence-electron chi connectivity index (χ0n) is 11.9. The van der Waals surface area contributed by atoms with Crippen LogP contribution in [0.25, 0.3) is 0 Å². The summed E-state index contributed by atoms with van der Waals surface area (Å²) in [5, 5.41) is 14.3. The lowest BCUT2D eigenvalue weighted by atomic mass is 9.86. The first-order valence-corrected chi connectivity index (χ1v) is 7.02. The van der Waals surface area contributed by atoms with Gasteiger partial charge in [-0.3, -0.25) is 4.79 Å². The molecule has 2 amide bonds. The largest absolute Gasteiger partial charge is 0.481 e. The van der Waals surface area contributed by atoms with Gasteiger partial charge >= 0.3 is 12.0 Å². The second-order valence-corrected chi connectivity index (χ2v) is 5.45. The lowest BCUT2D eigenvalue weighted by Gasteiger charge is -2.26. The van der Waals surface area contributed by atoms with E-state index in [1.165, 1.54) is 6.07 Å². The second kappa shape index (κ2) is 6.56. The van der Waals surface area contributed by atoms with Gasteiger partial charge < -0.3 is 15.7 Å². The Morgan fingerprint density at radius 3 is 2.48 bits per heavy atom. The molecule has 0 saturated heterocycles. The highest BCUT2D eigenvalue weighted by atomic mass is 19.1. The van der Waals surface area contributed by atoms with Crippen molar-refractivity contribution in [3.05, 3.63) is 29.6 Å². The molecule has 0 bridgehead atoms. The number of urea groups is 1. The molecule has 1 aliphatic carbocycles. The Bertz CT molecular complexity index is 540. The minimum Gasteiger partial charge on any atom is -0.481 e. The summed E-state index contributed by atoms with van der Waals surface area (Å²) in [7, 11) is 0. The third-order valence-electron chi connectivity index (χ3n) is 3.84. The molecule has 114 valence electrons. The van der Waals surface area contributed by atoms with Crippen molar-refractivity contribution in [2.75, 3.05) is 5.32 Å². The molecule has 1 aromatic carbocycles. The number of halogens is 1. The van der Waals surface area contributed by atoms with Crippen LogP contribution in [-0.2, 0) is 4.79 Å². The monoisotopic (exact) mass is 294 g/mol. The number of aliphatic carboxylic acids is 1. The lowest BCUT2D eigenvalue weighted by molar-refractivity contribution is -0.142. The first-order chi connectivity index (χ1) is 9.95. The highest BCUT2D eigenvalue weighted by molar-refractivity contribution is 5.89. The van der Waals surface area contributed by atoms with E-state index in [4.69, 9.17) is 5.11 Å².